The van der Waals surface area contributed by atoms with Crippen LogP contribution in [0.25, 0.3) is 6.08 Å². The second-order valence-electron chi connectivity index (χ2n) is 5.16. The maximum atomic E-state index is 11.7. The zero-order valence-corrected chi connectivity index (χ0v) is 14.6. The molecule has 4 nitrogen and oxygen atoms in total. The van der Waals surface area contributed by atoms with E-state index in [-0.39, 0.29) is 12.5 Å². The number of benzene rings is 2. The molecule has 0 heterocycles. The van der Waals surface area contributed by atoms with Crippen molar-refractivity contribution in [2.45, 2.75) is 6.92 Å². The molecule has 128 valence electrons. The molecular formula is C20H19ClN2O2. The first-order valence-electron chi connectivity index (χ1n) is 7.75. The summed E-state index contributed by atoms with van der Waals surface area (Å²) in [5.74, 6) is 0.244. The Morgan fingerprint density at radius 2 is 1.84 bits per heavy atom. The molecular weight excluding hydrogens is 336 g/mol. The van der Waals surface area contributed by atoms with Crippen LogP contribution in [-0.4, -0.2) is 18.2 Å². The minimum atomic E-state index is -0.331. The number of carbonyl (C=O) groups excluding carboxylic acids is 1. The van der Waals surface area contributed by atoms with E-state index in [1.165, 1.54) is 0 Å². The van der Waals surface area contributed by atoms with Gasteiger partial charge in [-0.05, 0) is 42.8 Å². The Kier molecular flexibility index (Phi) is 7.47. The van der Waals surface area contributed by atoms with E-state index in [0.717, 1.165) is 5.56 Å². The number of hydrogen-bond donors (Lipinski definition) is 1. The first-order valence-corrected chi connectivity index (χ1v) is 8.12. The van der Waals surface area contributed by atoms with Crippen molar-refractivity contribution >= 4 is 29.3 Å². The van der Waals surface area contributed by atoms with Crippen LogP contribution in [0.2, 0.25) is 5.02 Å². The lowest BCUT2D eigenvalue weighted by molar-refractivity contribution is -0.123. The lowest BCUT2D eigenvalue weighted by atomic mass is 10.2. The fourth-order valence-electron chi connectivity index (χ4n) is 1.83. The summed E-state index contributed by atoms with van der Waals surface area (Å²) in [6.45, 7) is 1.68. The molecule has 2 rings (SSSR count). The average molecular weight is 355 g/mol. The third-order valence-electron chi connectivity index (χ3n) is 3.08. The third kappa shape index (κ3) is 7.50. The number of carbonyl (C=O) groups is 1. The van der Waals surface area contributed by atoms with E-state index < -0.39 is 0 Å². The number of nitrogens with zero attached hydrogens (tertiary/aromatic N) is 1. The number of ether oxygens (including phenoxy) is 1. The topological polar surface area (TPSA) is 50.7 Å². The first-order chi connectivity index (χ1) is 12.1. The second-order valence-corrected chi connectivity index (χ2v) is 5.60. The van der Waals surface area contributed by atoms with Gasteiger partial charge in [-0.1, -0.05) is 60.2 Å². The average Bonchev–Trinajstić information content (AvgIpc) is 2.64. The van der Waals surface area contributed by atoms with Gasteiger partial charge in [-0.3, -0.25) is 4.79 Å². The van der Waals surface area contributed by atoms with Crippen molar-refractivity contribution in [2.75, 3.05) is 6.61 Å². The van der Waals surface area contributed by atoms with Gasteiger partial charge in [-0.25, -0.2) is 5.43 Å². The smallest absolute Gasteiger partial charge is 0.277 e. The number of allylic oxidation sites excluding steroid dienone is 3. The Bertz CT molecular complexity index is 766. The Morgan fingerprint density at radius 3 is 2.56 bits per heavy atom. The molecule has 0 spiro atoms. The monoisotopic (exact) mass is 354 g/mol. The van der Waals surface area contributed by atoms with Gasteiger partial charge < -0.3 is 4.74 Å². The summed E-state index contributed by atoms with van der Waals surface area (Å²) in [5, 5.41) is 4.61. The molecule has 25 heavy (non-hydrogen) atoms. The lowest BCUT2D eigenvalue weighted by Gasteiger charge is -2.05. The Morgan fingerprint density at radius 1 is 1.12 bits per heavy atom. The van der Waals surface area contributed by atoms with E-state index in [2.05, 4.69) is 10.5 Å². The number of hydrogen-bond acceptors (Lipinski definition) is 3. The molecule has 0 aliphatic rings. The molecule has 5 heteroatoms. The van der Waals surface area contributed by atoms with Crippen molar-refractivity contribution in [2.24, 2.45) is 5.10 Å². The summed E-state index contributed by atoms with van der Waals surface area (Å²) in [4.78, 5) is 11.7. The highest BCUT2D eigenvalue weighted by Crippen LogP contribution is 2.15. The number of amides is 1. The van der Waals surface area contributed by atoms with E-state index in [1.54, 1.807) is 37.3 Å². The SMILES string of the molecule is CC(C=CC=Cc1ccccc1)=NNC(=O)COc1ccc(Cl)cc1. The van der Waals surface area contributed by atoms with Crippen molar-refractivity contribution in [1.29, 1.82) is 0 Å². The highest BCUT2D eigenvalue weighted by molar-refractivity contribution is 6.30. The van der Waals surface area contributed by atoms with Crippen LogP contribution >= 0.6 is 11.6 Å². The Balaban J connectivity index is 1.74. The van der Waals surface area contributed by atoms with Crippen molar-refractivity contribution in [3.05, 3.63) is 83.4 Å². The largest absolute Gasteiger partial charge is 0.484 e. The van der Waals surface area contributed by atoms with Gasteiger partial charge in [0.15, 0.2) is 6.61 Å². The Hall–Kier alpha value is -2.85. The van der Waals surface area contributed by atoms with Crippen molar-refractivity contribution in [1.82, 2.24) is 5.43 Å². The summed E-state index contributed by atoms with van der Waals surface area (Å²) in [7, 11) is 0. The molecule has 0 unspecified atom stereocenters. The highest BCUT2D eigenvalue weighted by Gasteiger charge is 2.01. The van der Waals surface area contributed by atoms with Gasteiger partial charge in [-0.15, -0.1) is 0 Å². The number of nitrogens with one attached hydrogen (secondary N) is 1. The molecule has 0 saturated heterocycles. The van der Waals surface area contributed by atoms with Crippen LogP contribution in [0.4, 0.5) is 0 Å². The van der Waals surface area contributed by atoms with Crippen LogP contribution in [0, 0.1) is 0 Å². The molecule has 0 aliphatic carbocycles. The molecule has 0 aromatic heterocycles. The summed E-state index contributed by atoms with van der Waals surface area (Å²) in [6.07, 6.45) is 7.57. The van der Waals surface area contributed by atoms with Gasteiger partial charge in [0.25, 0.3) is 5.91 Å². The predicted octanol–water partition coefficient (Wildman–Crippen LogP) is 4.48. The van der Waals surface area contributed by atoms with Crippen molar-refractivity contribution in [3.63, 3.8) is 0 Å². The molecule has 0 bridgehead atoms. The lowest BCUT2D eigenvalue weighted by Crippen LogP contribution is -2.25. The van der Waals surface area contributed by atoms with Crippen LogP contribution < -0.4 is 10.2 Å². The van der Waals surface area contributed by atoms with Gasteiger partial charge in [0.05, 0.1) is 5.71 Å². The molecule has 1 amide bonds. The number of rotatable bonds is 7. The molecule has 1 N–H and O–H groups in total. The first kappa shape index (κ1) is 18.5. The Labute approximate surface area is 152 Å². The molecule has 0 radical (unpaired) electrons. The van der Waals surface area contributed by atoms with Crippen LogP contribution in [0.1, 0.15) is 12.5 Å². The normalized spacial score (nSPS) is 11.8. The minimum Gasteiger partial charge on any atom is -0.484 e. The summed E-state index contributed by atoms with van der Waals surface area (Å²) in [5.41, 5.74) is 4.24. The van der Waals surface area contributed by atoms with E-state index in [1.807, 2.05) is 48.6 Å². The molecule has 0 saturated carbocycles. The van der Waals surface area contributed by atoms with Crippen LogP contribution in [-0.2, 0) is 4.79 Å². The fourth-order valence-corrected chi connectivity index (χ4v) is 1.95. The maximum Gasteiger partial charge on any atom is 0.277 e. The minimum absolute atomic E-state index is 0.115. The maximum absolute atomic E-state index is 11.7. The second kappa shape index (κ2) is 10.1. The number of hydrazone groups is 1. The van der Waals surface area contributed by atoms with Gasteiger partial charge in [0, 0.05) is 5.02 Å². The predicted molar refractivity (Wildman–Crippen MR) is 103 cm³/mol. The standard InChI is InChI=1S/C20H19ClN2O2/c1-16(7-5-6-10-17-8-3-2-4-9-17)22-23-20(24)15-25-19-13-11-18(21)12-14-19/h2-14H,15H2,1H3,(H,23,24). The van der Waals surface area contributed by atoms with Gasteiger partial charge in [0.1, 0.15) is 5.75 Å². The third-order valence-corrected chi connectivity index (χ3v) is 3.33. The molecule has 2 aromatic carbocycles. The van der Waals surface area contributed by atoms with Gasteiger partial charge >= 0.3 is 0 Å². The van der Waals surface area contributed by atoms with Crippen LogP contribution in [0.3, 0.4) is 0 Å². The molecule has 0 aliphatic heterocycles. The summed E-state index contributed by atoms with van der Waals surface area (Å²) < 4.78 is 5.33. The van der Waals surface area contributed by atoms with E-state index >= 15 is 0 Å². The molecule has 2 aromatic rings. The quantitative estimate of drug-likeness (QED) is 0.452. The number of halogens is 1. The zero-order chi connectivity index (χ0) is 17.9. The highest BCUT2D eigenvalue weighted by atomic mass is 35.5. The summed E-state index contributed by atoms with van der Waals surface area (Å²) >= 11 is 5.78. The van der Waals surface area contributed by atoms with Gasteiger partial charge in [0.2, 0.25) is 0 Å². The molecule has 0 fully saturated rings. The van der Waals surface area contributed by atoms with Crippen molar-refractivity contribution in [3.8, 4) is 5.75 Å². The van der Waals surface area contributed by atoms with E-state index in [0.29, 0.717) is 16.5 Å². The molecule has 0 atom stereocenters. The fraction of sp³-hybridized carbons (Fsp3) is 0.100. The van der Waals surface area contributed by atoms with Crippen molar-refractivity contribution < 1.29 is 9.53 Å². The van der Waals surface area contributed by atoms with Crippen LogP contribution in [0.5, 0.6) is 5.75 Å². The van der Waals surface area contributed by atoms with E-state index in [4.69, 9.17) is 16.3 Å². The van der Waals surface area contributed by atoms with Crippen LogP contribution in [0.15, 0.2) is 77.9 Å². The van der Waals surface area contributed by atoms with E-state index in [9.17, 15) is 4.79 Å². The summed E-state index contributed by atoms with van der Waals surface area (Å²) in [6, 6.07) is 16.8. The van der Waals surface area contributed by atoms with Gasteiger partial charge in [-0.2, -0.15) is 5.10 Å². The zero-order valence-electron chi connectivity index (χ0n) is 13.9.